The first-order chi connectivity index (χ1) is 7.75. The zero-order valence-electron chi connectivity index (χ0n) is 10.3. The van der Waals surface area contributed by atoms with Gasteiger partial charge in [-0.05, 0) is 49.5 Å². The Balaban J connectivity index is 2.24. The van der Waals surface area contributed by atoms with Crippen LogP contribution in [0.15, 0.2) is 18.2 Å². The van der Waals surface area contributed by atoms with E-state index in [1.807, 2.05) is 23.9 Å². The molecule has 1 aromatic rings. The van der Waals surface area contributed by atoms with E-state index in [1.54, 1.807) is 0 Å². The number of nitrogen functional groups attached to an aromatic ring is 1. The van der Waals surface area contributed by atoms with E-state index in [0.29, 0.717) is 0 Å². The Bertz CT molecular complexity index is 313. The summed E-state index contributed by atoms with van der Waals surface area (Å²) in [5.41, 5.74) is 9.05. The minimum atomic E-state index is 0.868. The molecule has 2 nitrogen and oxygen atoms in total. The van der Waals surface area contributed by atoms with E-state index in [0.717, 1.165) is 17.8 Å². The Morgan fingerprint density at radius 1 is 1.25 bits per heavy atom. The molecule has 0 aliphatic rings. The SMILES string of the molecule is CSCCCCCNc1cccc(N)c1C. The predicted molar refractivity (Wildman–Crippen MR) is 76.3 cm³/mol. The third-order valence-corrected chi connectivity index (χ3v) is 3.41. The summed E-state index contributed by atoms with van der Waals surface area (Å²) < 4.78 is 0. The lowest BCUT2D eigenvalue weighted by atomic mass is 10.1. The topological polar surface area (TPSA) is 38.0 Å². The molecule has 1 aromatic carbocycles. The van der Waals surface area contributed by atoms with Gasteiger partial charge in [0.05, 0.1) is 0 Å². The molecular weight excluding hydrogens is 216 g/mol. The lowest BCUT2D eigenvalue weighted by Gasteiger charge is -2.10. The quantitative estimate of drug-likeness (QED) is 0.564. The molecule has 0 unspecified atom stereocenters. The standard InChI is InChI=1S/C13H22N2S/c1-11-12(14)7-6-8-13(11)15-9-4-3-5-10-16-2/h6-8,15H,3-5,9-10,14H2,1-2H3. The summed E-state index contributed by atoms with van der Waals surface area (Å²) in [6.07, 6.45) is 6.01. The molecule has 3 N–H and O–H groups in total. The Hall–Kier alpha value is -0.830. The van der Waals surface area contributed by atoms with Crippen LogP contribution in [0.4, 0.5) is 11.4 Å². The monoisotopic (exact) mass is 238 g/mol. The van der Waals surface area contributed by atoms with Gasteiger partial charge in [-0.25, -0.2) is 0 Å². The van der Waals surface area contributed by atoms with Gasteiger partial charge in [0.1, 0.15) is 0 Å². The van der Waals surface area contributed by atoms with Gasteiger partial charge in [0.15, 0.2) is 0 Å². The van der Waals surface area contributed by atoms with Crippen molar-refractivity contribution in [2.45, 2.75) is 26.2 Å². The summed E-state index contributed by atoms with van der Waals surface area (Å²) in [5.74, 6) is 1.28. The average Bonchev–Trinajstić information content (AvgIpc) is 2.29. The lowest BCUT2D eigenvalue weighted by Crippen LogP contribution is -2.04. The maximum absolute atomic E-state index is 5.85. The number of hydrogen-bond acceptors (Lipinski definition) is 3. The van der Waals surface area contributed by atoms with Crippen molar-refractivity contribution in [2.75, 3.05) is 29.6 Å². The molecule has 0 heterocycles. The van der Waals surface area contributed by atoms with Crippen LogP contribution in [0.25, 0.3) is 0 Å². The second-order valence-corrected chi connectivity index (χ2v) is 4.99. The molecule has 0 bridgehead atoms. The molecular formula is C13H22N2S. The zero-order chi connectivity index (χ0) is 11.8. The third-order valence-electron chi connectivity index (χ3n) is 2.72. The van der Waals surface area contributed by atoms with Crippen LogP contribution in [0.2, 0.25) is 0 Å². The fourth-order valence-corrected chi connectivity index (χ4v) is 2.11. The molecule has 0 saturated heterocycles. The second-order valence-electron chi connectivity index (χ2n) is 4.00. The molecule has 0 fully saturated rings. The Morgan fingerprint density at radius 2 is 2.06 bits per heavy atom. The third kappa shape index (κ3) is 4.35. The van der Waals surface area contributed by atoms with E-state index in [2.05, 4.69) is 24.6 Å². The highest BCUT2D eigenvalue weighted by molar-refractivity contribution is 7.98. The van der Waals surface area contributed by atoms with Gasteiger partial charge in [0, 0.05) is 17.9 Å². The van der Waals surface area contributed by atoms with E-state index in [1.165, 1.54) is 30.7 Å². The van der Waals surface area contributed by atoms with Crippen LogP contribution in [-0.4, -0.2) is 18.6 Å². The molecule has 0 spiro atoms. The van der Waals surface area contributed by atoms with Crippen molar-refractivity contribution in [3.05, 3.63) is 23.8 Å². The maximum Gasteiger partial charge on any atom is 0.0390 e. The molecule has 0 saturated carbocycles. The molecule has 90 valence electrons. The van der Waals surface area contributed by atoms with Crippen LogP contribution in [0.5, 0.6) is 0 Å². The van der Waals surface area contributed by atoms with Crippen LogP contribution in [0.1, 0.15) is 24.8 Å². The normalized spacial score (nSPS) is 10.4. The van der Waals surface area contributed by atoms with Gasteiger partial charge in [0.2, 0.25) is 0 Å². The smallest absolute Gasteiger partial charge is 0.0390 e. The highest BCUT2D eigenvalue weighted by Gasteiger charge is 1.99. The summed E-state index contributed by atoms with van der Waals surface area (Å²) in [7, 11) is 0. The van der Waals surface area contributed by atoms with E-state index < -0.39 is 0 Å². The molecule has 1 rings (SSSR count). The molecule has 0 radical (unpaired) electrons. The predicted octanol–water partition coefficient (Wildman–Crippen LogP) is 3.52. The Kier molecular flexibility index (Phi) is 6.16. The molecule has 16 heavy (non-hydrogen) atoms. The molecule has 0 aliphatic heterocycles. The Morgan fingerprint density at radius 3 is 2.81 bits per heavy atom. The van der Waals surface area contributed by atoms with E-state index in [4.69, 9.17) is 5.73 Å². The van der Waals surface area contributed by atoms with Crippen LogP contribution in [-0.2, 0) is 0 Å². The number of anilines is 2. The van der Waals surface area contributed by atoms with Crippen molar-refractivity contribution in [1.82, 2.24) is 0 Å². The second kappa shape index (κ2) is 7.44. The molecule has 0 amide bonds. The van der Waals surface area contributed by atoms with Gasteiger partial charge >= 0.3 is 0 Å². The fraction of sp³-hybridized carbons (Fsp3) is 0.538. The number of thioether (sulfide) groups is 1. The first kappa shape index (κ1) is 13.2. The number of nitrogens with two attached hydrogens (primary N) is 1. The van der Waals surface area contributed by atoms with Crippen molar-refractivity contribution in [2.24, 2.45) is 0 Å². The van der Waals surface area contributed by atoms with Crippen LogP contribution in [0.3, 0.4) is 0 Å². The highest BCUT2D eigenvalue weighted by atomic mass is 32.2. The van der Waals surface area contributed by atoms with Gasteiger partial charge < -0.3 is 11.1 Å². The minimum absolute atomic E-state index is 0.868. The average molecular weight is 238 g/mol. The van der Waals surface area contributed by atoms with Crippen LogP contribution >= 0.6 is 11.8 Å². The largest absolute Gasteiger partial charge is 0.398 e. The maximum atomic E-state index is 5.85. The van der Waals surface area contributed by atoms with Gasteiger partial charge in [-0.2, -0.15) is 11.8 Å². The van der Waals surface area contributed by atoms with E-state index >= 15 is 0 Å². The van der Waals surface area contributed by atoms with Crippen LogP contribution in [0, 0.1) is 6.92 Å². The molecule has 0 aromatic heterocycles. The molecule has 3 heteroatoms. The Labute approximate surface area is 103 Å². The zero-order valence-corrected chi connectivity index (χ0v) is 11.1. The summed E-state index contributed by atoms with van der Waals surface area (Å²) >= 11 is 1.92. The highest BCUT2D eigenvalue weighted by Crippen LogP contribution is 2.20. The van der Waals surface area contributed by atoms with Crippen molar-refractivity contribution >= 4 is 23.1 Å². The van der Waals surface area contributed by atoms with Crippen LogP contribution < -0.4 is 11.1 Å². The number of unbranched alkanes of at least 4 members (excludes halogenated alkanes) is 2. The minimum Gasteiger partial charge on any atom is -0.398 e. The van der Waals surface area contributed by atoms with Gasteiger partial charge in [-0.15, -0.1) is 0 Å². The molecule has 0 aliphatic carbocycles. The van der Waals surface area contributed by atoms with Gasteiger partial charge in [-0.3, -0.25) is 0 Å². The van der Waals surface area contributed by atoms with Crippen molar-refractivity contribution < 1.29 is 0 Å². The number of rotatable bonds is 7. The first-order valence-corrected chi connectivity index (χ1v) is 7.23. The summed E-state index contributed by atoms with van der Waals surface area (Å²) in [6.45, 7) is 3.10. The summed E-state index contributed by atoms with van der Waals surface area (Å²) in [4.78, 5) is 0. The van der Waals surface area contributed by atoms with Crippen molar-refractivity contribution in [3.8, 4) is 0 Å². The van der Waals surface area contributed by atoms with Gasteiger partial charge in [0.25, 0.3) is 0 Å². The first-order valence-electron chi connectivity index (χ1n) is 5.83. The fourth-order valence-electron chi connectivity index (χ4n) is 1.62. The lowest BCUT2D eigenvalue weighted by molar-refractivity contribution is 0.749. The molecule has 0 atom stereocenters. The van der Waals surface area contributed by atoms with E-state index in [-0.39, 0.29) is 0 Å². The van der Waals surface area contributed by atoms with Crippen molar-refractivity contribution in [3.63, 3.8) is 0 Å². The van der Waals surface area contributed by atoms with E-state index in [9.17, 15) is 0 Å². The number of nitrogens with one attached hydrogen (secondary N) is 1. The van der Waals surface area contributed by atoms with Gasteiger partial charge in [-0.1, -0.05) is 12.5 Å². The summed E-state index contributed by atoms with van der Waals surface area (Å²) in [6, 6.07) is 6.03. The van der Waals surface area contributed by atoms with Crippen molar-refractivity contribution in [1.29, 1.82) is 0 Å². The summed E-state index contributed by atoms with van der Waals surface area (Å²) in [5, 5.41) is 3.44. The number of benzene rings is 1. The number of hydrogen-bond donors (Lipinski definition) is 2.